The molecule has 4 aliphatic rings. The summed E-state index contributed by atoms with van der Waals surface area (Å²) in [4.78, 5) is 0. The van der Waals surface area contributed by atoms with E-state index in [1.54, 1.807) is 6.08 Å². The molecule has 8 nitrogen and oxygen atoms in total. The zero-order chi connectivity index (χ0) is 21.2. The molecule has 0 spiro atoms. The van der Waals surface area contributed by atoms with E-state index in [4.69, 9.17) is 18.6 Å². The van der Waals surface area contributed by atoms with Crippen LogP contribution in [-0.4, -0.2) is 35.2 Å². The van der Waals surface area contributed by atoms with Crippen molar-refractivity contribution >= 4 is 20.6 Å². The van der Waals surface area contributed by atoms with E-state index >= 15 is 0 Å². The first-order valence-corrected chi connectivity index (χ1v) is 12.8. The molecule has 0 heterocycles. The molecule has 0 bridgehead atoms. The highest BCUT2D eigenvalue weighted by molar-refractivity contribution is 7.84. The second-order valence-corrected chi connectivity index (χ2v) is 11.3. The van der Waals surface area contributed by atoms with E-state index < -0.39 is 44.4 Å². The fraction of sp³-hybridized carbons (Fsp3) is 0.778. The van der Waals surface area contributed by atoms with E-state index in [9.17, 15) is 21.2 Å². The molecule has 4 rings (SSSR count). The molecule has 4 N–H and O–H groups in total. The Bertz CT molecular complexity index is 963. The van der Waals surface area contributed by atoms with Crippen LogP contribution >= 0.6 is 0 Å². The van der Waals surface area contributed by atoms with Gasteiger partial charge in [0.25, 0.3) is 0 Å². The molecule has 29 heavy (non-hydrogen) atoms. The van der Waals surface area contributed by atoms with Gasteiger partial charge in [0.1, 0.15) is 18.4 Å². The third kappa shape index (κ3) is 4.05. The summed E-state index contributed by atoms with van der Waals surface area (Å²) in [6, 6.07) is 0. The minimum Gasteiger partial charge on any atom is -0.251 e. The molecule has 2 fully saturated rings. The summed E-state index contributed by atoms with van der Waals surface area (Å²) in [6.45, 7) is 1.92. The zero-order valence-electron chi connectivity index (χ0n) is 16.2. The van der Waals surface area contributed by atoms with Crippen LogP contribution in [0.5, 0.6) is 0 Å². The Morgan fingerprint density at radius 2 is 1.83 bits per heavy atom. The Balaban J connectivity index is 1.56. The summed E-state index contributed by atoms with van der Waals surface area (Å²) in [5, 5.41) is 10.0. The fourth-order valence-corrected chi connectivity index (χ4v) is 7.39. The molecular formula is C18H27FN2O6S2. The maximum Gasteiger partial charge on any atom is 0.333 e. The van der Waals surface area contributed by atoms with Gasteiger partial charge >= 0.3 is 20.6 Å². The highest BCUT2D eigenvalue weighted by atomic mass is 32.2. The SMILES string of the molecule is C[C@]12CCC3C4=C(CCC3C1C[C@@H]([18F])[C@@H]2OS(N)(=O)=O)C[C@@H](OS(N)(=O)=O)C=C4. The molecule has 0 aliphatic heterocycles. The smallest absolute Gasteiger partial charge is 0.251 e. The van der Waals surface area contributed by atoms with Crippen molar-refractivity contribution in [2.45, 2.75) is 63.8 Å². The Morgan fingerprint density at radius 3 is 2.48 bits per heavy atom. The predicted molar refractivity (Wildman–Crippen MR) is 103 cm³/mol. The van der Waals surface area contributed by atoms with Gasteiger partial charge in [-0.05, 0) is 55.4 Å². The molecule has 4 aliphatic carbocycles. The van der Waals surface area contributed by atoms with Gasteiger partial charge in [-0.25, -0.2) is 14.7 Å². The largest absolute Gasteiger partial charge is 0.333 e. The predicted octanol–water partition coefficient (Wildman–Crippen LogP) is 1.60. The van der Waals surface area contributed by atoms with Gasteiger partial charge in [0.05, 0.1) is 0 Å². The minimum atomic E-state index is -4.23. The van der Waals surface area contributed by atoms with Gasteiger partial charge in [-0.1, -0.05) is 24.6 Å². The molecule has 0 radical (unpaired) electrons. The fourth-order valence-electron chi connectivity index (χ4n) is 6.28. The van der Waals surface area contributed by atoms with E-state index in [1.165, 1.54) is 5.57 Å². The van der Waals surface area contributed by atoms with E-state index in [-0.39, 0.29) is 24.2 Å². The van der Waals surface area contributed by atoms with Crippen LogP contribution in [0.3, 0.4) is 0 Å². The van der Waals surface area contributed by atoms with Gasteiger partial charge < -0.3 is 0 Å². The van der Waals surface area contributed by atoms with Crippen molar-refractivity contribution in [3.8, 4) is 0 Å². The van der Waals surface area contributed by atoms with E-state index in [1.807, 2.05) is 13.0 Å². The summed E-state index contributed by atoms with van der Waals surface area (Å²) in [6.07, 6.45) is 4.43. The molecule has 7 atom stereocenters. The lowest BCUT2D eigenvalue weighted by atomic mass is 9.55. The number of hydrogen-bond acceptors (Lipinski definition) is 6. The third-order valence-corrected chi connectivity index (χ3v) is 8.34. The van der Waals surface area contributed by atoms with E-state index in [0.717, 1.165) is 24.8 Å². The summed E-state index contributed by atoms with van der Waals surface area (Å²) in [7, 11) is -8.25. The normalized spacial score (nSPS) is 42.3. The average Bonchev–Trinajstić information content (AvgIpc) is 2.83. The zero-order valence-corrected chi connectivity index (χ0v) is 17.8. The van der Waals surface area contributed by atoms with Crippen LogP contribution in [0.25, 0.3) is 0 Å². The maximum absolute atomic E-state index is 14.8. The van der Waals surface area contributed by atoms with Gasteiger partial charge in [-0.15, -0.1) is 0 Å². The molecule has 0 aromatic carbocycles. The summed E-state index contributed by atoms with van der Waals surface area (Å²) < 4.78 is 70.1. The highest BCUT2D eigenvalue weighted by Gasteiger charge is 2.60. The Kier molecular flexibility index (Phi) is 5.23. The topological polar surface area (TPSA) is 139 Å². The van der Waals surface area contributed by atoms with Gasteiger partial charge in [-0.2, -0.15) is 16.8 Å². The number of allylic oxidation sites excluding steroid dienone is 2. The first-order chi connectivity index (χ1) is 13.4. The number of hydrogen-bond donors (Lipinski definition) is 2. The first kappa shape index (κ1) is 21.4. The minimum absolute atomic E-state index is 0.00356. The van der Waals surface area contributed by atoms with E-state index in [0.29, 0.717) is 12.8 Å². The van der Waals surface area contributed by atoms with Crippen molar-refractivity contribution in [2.75, 3.05) is 0 Å². The average molecular weight is 450 g/mol. The molecular weight excluding hydrogens is 422 g/mol. The molecule has 0 aromatic rings. The lowest BCUT2D eigenvalue weighted by Crippen LogP contribution is -2.47. The van der Waals surface area contributed by atoms with Gasteiger partial charge in [0.15, 0.2) is 0 Å². The second-order valence-electron chi connectivity index (χ2n) is 8.97. The number of alkyl halides is 1. The molecule has 164 valence electrons. The van der Waals surface area contributed by atoms with Crippen LogP contribution in [0.2, 0.25) is 0 Å². The molecule has 0 amide bonds. The third-order valence-electron chi connectivity index (χ3n) is 7.35. The lowest BCUT2D eigenvalue weighted by Gasteiger charge is -2.51. The Labute approximate surface area is 171 Å². The quantitative estimate of drug-likeness (QED) is 0.668. The molecule has 2 saturated carbocycles. The van der Waals surface area contributed by atoms with Crippen LogP contribution in [0.4, 0.5) is 4.39 Å². The summed E-state index contributed by atoms with van der Waals surface area (Å²) in [5.74, 6) is 0.466. The molecule has 0 aromatic heterocycles. The Hall–Kier alpha value is -0.850. The monoisotopic (exact) mass is 449 g/mol. The molecule has 0 saturated heterocycles. The number of rotatable bonds is 4. The molecule has 11 heteroatoms. The van der Waals surface area contributed by atoms with Crippen molar-refractivity contribution in [1.82, 2.24) is 0 Å². The van der Waals surface area contributed by atoms with E-state index in [2.05, 4.69) is 0 Å². The number of halogens is 1. The van der Waals surface area contributed by atoms with Gasteiger partial charge in [0.2, 0.25) is 0 Å². The van der Waals surface area contributed by atoms with Crippen LogP contribution in [0, 0.1) is 23.2 Å². The summed E-state index contributed by atoms with van der Waals surface area (Å²) in [5.41, 5.74) is 1.77. The van der Waals surface area contributed by atoms with Crippen molar-refractivity contribution in [3.63, 3.8) is 0 Å². The maximum atomic E-state index is 14.8. The first-order valence-electron chi connectivity index (χ1n) is 9.83. The highest BCUT2D eigenvalue weighted by Crippen LogP contribution is 2.62. The van der Waals surface area contributed by atoms with Crippen LogP contribution < -0.4 is 10.3 Å². The van der Waals surface area contributed by atoms with Crippen molar-refractivity contribution in [2.24, 2.45) is 33.4 Å². The van der Waals surface area contributed by atoms with Crippen LogP contribution in [0.1, 0.15) is 45.4 Å². The number of nitrogens with two attached hydrogens (primary N) is 2. The van der Waals surface area contributed by atoms with Crippen LogP contribution in [-0.2, 0) is 29.0 Å². The summed E-state index contributed by atoms with van der Waals surface area (Å²) >= 11 is 0. The second kappa shape index (κ2) is 7.10. The molecule has 3 unspecified atom stereocenters. The number of fused-ring (bicyclic) bond motifs is 4. The standard InChI is InChI=1S/C18H27FN2O6S2/c1-18-7-6-13-12-5-3-11(26-28(20,22)23)8-10(12)2-4-14(13)15(18)9-16(19)17(18)27-29(21,24)25/h3,5,11,13-17H,2,4,6-9H2,1H3,(H2,20,22,23)(H2,21,24,25)/t11-,13?,14?,15?,16+,17-,18-/m0/s1/i19-1. The van der Waals surface area contributed by atoms with Gasteiger partial charge in [0, 0.05) is 11.8 Å². The Morgan fingerprint density at radius 1 is 1.14 bits per heavy atom. The lowest BCUT2D eigenvalue weighted by molar-refractivity contribution is -0.0266. The van der Waals surface area contributed by atoms with Gasteiger partial charge in [-0.3, -0.25) is 8.37 Å². The van der Waals surface area contributed by atoms with Crippen molar-refractivity contribution in [1.29, 1.82) is 0 Å². The van der Waals surface area contributed by atoms with Crippen LogP contribution in [0.15, 0.2) is 23.3 Å². The van der Waals surface area contributed by atoms with Crippen molar-refractivity contribution < 1.29 is 29.6 Å². The van der Waals surface area contributed by atoms with Crippen molar-refractivity contribution in [3.05, 3.63) is 23.3 Å².